The number of aryl methyl sites for hydroxylation is 1. The number of carbonyl (C=O) groups excluding carboxylic acids is 1. The molecule has 1 aliphatic carbocycles. The van der Waals surface area contributed by atoms with E-state index in [0.29, 0.717) is 5.56 Å². The summed E-state index contributed by atoms with van der Waals surface area (Å²) in [5.41, 5.74) is 1.67. The van der Waals surface area contributed by atoms with Gasteiger partial charge >= 0.3 is 5.97 Å². The van der Waals surface area contributed by atoms with Gasteiger partial charge in [-0.05, 0) is 42.9 Å². The topological polar surface area (TPSA) is 66.4 Å². The number of carboxylic acids is 1. The molecule has 0 aromatic heterocycles. The van der Waals surface area contributed by atoms with Crippen molar-refractivity contribution in [3.63, 3.8) is 0 Å². The molecule has 1 fully saturated rings. The first kappa shape index (κ1) is 12.6. The highest BCUT2D eigenvalue weighted by atomic mass is 16.4. The predicted molar refractivity (Wildman–Crippen MR) is 67.4 cm³/mol. The highest BCUT2D eigenvalue weighted by molar-refractivity contribution is 5.96. The predicted octanol–water partition coefficient (Wildman–Crippen LogP) is 1.84. The molecule has 1 aromatic rings. The van der Waals surface area contributed by atoms with E-state index in [0.717, 1.165) is 24.8 Å². The SMILES string of the molecule is CCc1ccc(C(=O)NC(C(=O)O)C2CC2)cc1. The maximum Gasteiger partial charge on any atom is 0.326 e. The Bertz CT molecular complexity index is 449. The van der Waals surface area contributed by atoms with Crippen LogP contribution in [0.3, 0.4) is 0 Å². The molecule has 0 saturated heterocycles. The van der Waals surface area contributed by atoms with Gasteiger partial charge in [0.25, 0.3) is 5.91 Å². The minimum absolute atomic E-state index is 0.0985. The molecule has 2 N–H and O–H groups in total. The number of carboxylic acid groups (broad SMARTS) is 1. The van der Waals surface area contributed by atoms with Crippen LogP contribution in [0.4, 0.5) is 0 Å². The summed E-state index contributed by atoms with van der Waals surface area (Å²) < 4.78 is 0. The van der Waals surface area contributed by atoms with Crippen molar-refractivity contribution >= 4 is 11.9 Å². The molecule has 18 heavy (non-hydrogen) atoms. The van der Waals surface area contributed by atoms with Crippen LogP contribution in [0, 0.1) is 5.92 Å². The molecule has 0 aliphatic heterocycles. The fourth-order valence-electron chi connectivity index (χ4n) is 1.93. The van der Waals surface area contributed by atoms with E-state index in [-0.39, 0.29) is 11.8 Å². The second kappa shape index (κ2) is 5.21. The summed E-state index contributed by atoms with van der Waals surface area (Å²) in [6.07, 6.45) is 2.68. The van der Waals surface area contributed by atoms with Crippen LogP contribution in [0.2, 0.25) is 0 Å². The molecule has 1 unspecified atom stereocenters. The van der Waals surface area contributed by atoms with Crippen molar-refractivity contribution in [3.8, 4) is 0 Å². The Balaban J connectivity index is 2.03. The molecule has 96 valence electrons. The summed E-state index contributed by atoms with van der Waals surface area (Å²) in [6, 6.07) is 6.51. The van der Waals surface area contributed by atoms with Crippen molar-refractivity contribution in [1.82, 2.24) is 5.32 Å². The smallest absolute Gasteiger partial charge is 0.326 e. The number of aliphatic carboxylic acids is 1. The number of hydrogen-bond acceptors (Lipinski definition) is 2. The molecule has 0 spiro atoms. The normalized spacial score (nSPS) is 16.1. The minimum Gasteiger partial charge on any atom is -0.480 e. The van der Waals surface area contributed by atoms with Gasteiger partial charge in [-0.25, -0.2) is 4.79 Å². The molecule has 0 radical (unpaired) electrons. The molecule has 1 aliphatic rings. The molecular formula is C14H17NO3. The van der Waals surface area contributed by atoms with Crippen molar-refractivity contribution in [2.45, 2.75) is 32.2 Å². The van der Waals surface area contributed by atoms with Crippen LogP contribution < -0.4 is 5.32 Å². The van der Waals surface area contributed by atoms with E-state index >= 15 is 0 Å². The summed E-state index contributed by atoms with van der Waals surface area (Å²) in [7, 11) is 0. The van der Waals surface area contributed by atoms with E-state index < -0.39 is 12.0 Å². The third-order valence-corrected chi connectivity index (χ3v) is 3.27. The molecule has 0 bridgehead atoms. The van der Waals surface area contributed by atoms with Gasteiger partial charge in [0.05, 0.1) is 0 Å². The lowest BCUT2D eigenvalue weighted by molar-refractivity contribution is -0.139. The summed E-state index contributed by atoms with van der Waals surface area (Å²) in [5, 5.41) is 11.6. The highest BCUT2D eigenvalue weighted by Crippen LogP contribution is 2.32. The number of hydrogen-bond donors (Lipinski definition) is 2. The lowest BCUT2D eigenvalue weighted by Gasteiger charge is -2.13. The summed E-state index contributed by atoms with van der Waals surface area (Å²) in [4.78, 5) is 23.0. The number of amides is 1. The summed E-state index contributed by atoms with van der Waals surface area (Å²) in [6.45, 7) is 2.04. The molecule has 1 atom stereocenters. The van der Waals surface area contributed by atoms with Crippen molar-refractivity contribution in [2.24, 2.45) is 5.92 Å². The Morgan fingerprint density at radius 2 is 1.94 bits per heavy atom. The Morgan fingerprint density at radius 3 is 2.39 bits per heavy atom. The van der Waals surface area contributed by atoms with Crippen LogP contribution in [0.25, 0.3) is 0 Å². The van der Waals surface area contributed by atoms with Crippen LogP contribution in [-0.4, -0.2) is 23.0 Å². The lowest BCUT2D eigenvalue weighted by Crippen LogP contribution is -2.42. The van der Waals surface area contributed by atoms with Gasteiger partial charge in [-0.1, -0.05) is 19.1 Å². The van der Waals surface area contributed by atoms with E-state index in [2.05, 4.69) is 5.32 Å². The summed E-state index contributed by atoms with van der Waals surface area (Å²) >= 11 is 0. The Hall–Kier alpha value is -1.84. The quantitative estimate of drug-likeness (QED) is 0.834. The molecule has 1 aromatic carbocycles. The largest absolute Gasteiger partial charge is 0.480 e. The average molecular weight is 247 g/mol. The molecule has 1 amide bonds. The number of nitrogens with one attached hydrogen (secondary N) is 1. The van der Waals surface area contributed by atoms with Crippen molar-refractivity contribution in [1.29, 1.82) is 0 Å². The van der Waals surface area contributed by atoms with Crippen LogP contribution in [-0.2, 0) is 11.2 Å². The first-order valence-electron chi connectivity index (χ1n) is 6.24. The van der Waals surface area contributed by atoms with Gasteiger partial charge in [-0.3, -0.25) is 4.79 Å². The van der Waals surface area contributed by atoms with E-state index in [1.54, 1.807) is 12.1 Å². The van der Waals surface area contributed by atoms with E-state index in [1.165, 1.54) is 0 Å². The van der Waals surface area contributed by atoms with Gasteiger partial charge < -0.3 is 10.4 Å². The van der Waals surface area contributed by atoms with Crippen molar-refractivity contribution in [2.75, 3.05) is 0 Å². The van der Waals surface area contributed by atoms with Crippen molar-refractivity contribution in [3.05, 3.63) is 35.4 Å². The molecule has 4 heteroatoms. The van der Waals surface area contributed by atoms with E-state index in [9.17, 15) is 9.59 Å². The third-order valence-electron chi connectivity index (χ3n) is 3.27. The summed E-state index contributed by atoms with van der Waals surface area (Å²) in [5.74, 6) is -1.16. The van der Waals surface area contributed by atoms with Gasteiger partial charge in [-0.2, -0.15) is 0 Å². The van der Waals surface area contributed by atoms with Gasteiger partial charge in [0.2, 0.25) is 0 Å². The van der Waals surface area contributed by atoms with Crippen LogP contribution in [0.1, 0.15) is 35.7 Å². The maximum atomic E-state index is 11.9. The van der Waals surface area contributed by atoms with Crippen molar-refractivity contribution < 1.29 is 14.7 Å². The second-order valence-corrected chi connectivity index (χ2v) is 4.68. The van der Waals surface area contributed by atoms with E-state index in [4.69, 9.17) is 5.11 Å². The molecule has 2 rings (SSSR count). The zero-order valence-corrected chi connectivity index (χ0v) is 10.3. The van der Waals surface area contributed by atoms with Gasteiger partial charge in [0, 0.05) is 5.56 Å². The average Bonchev–Trinajstić information content (AvgIpc) is 3.19. The molecule has 1 saturated carbocycles. The Labute approximate surface area is 106 Å². The molecule has 0 heterocycles. The molecule has 4 nitrogen and oxygen atoms in total. The Morgan fingerprint density at radius 1 is 1.33 bits per heavy atom. The third kappa shape index (κ3) is 2.88. The first-order valence-corrected chi connectivity index (χ1v) is 6.24. The standard InChI is InChI=1S/C14H17NO3/c1-2-9-3-5-11(6-4-9)13(16)15-12(14(17)18)10-7-8-10/h3-6,10,12H,2,7-8H2,1H3,(H,15,16)(H,17,18). The van der Waals surface area contributed by atoms with Gasteiger partial charge in [0.15, 0.2) is 0 Å². The lowest BCUT2D eigenvalue weighted by atomic mass is 10.1. The fraction of sp³-hybridized carbons (Fsp3) is 0.429. The van der Waals surface area contributed by atoms with E-state index in [1.807, 2.05) is 19.1 Å². The monoisotopic (exact) mass is 247 g/mol. The zero-order valence-electron chi connectivity index (χ0n) is 10.3. The highest BCUT2D eigenvalue weighted by Gasteiger charge is 2.37. The fourth-order valence-corrected chi connectivity index (χ4v) is 1.93. The number of carbonyl (C=O) groups is 2. The minimum atomic E-state index is -0.948. The van der Waals surface area contributed by atoms with Crippen LogP contribution >= 0.6 is 0 Å². The number of rotatable bonds is 5. The van der Waals surface area contributed by atoms with Gasteiger partial charge in [-0.15, -0.1) is 0 Å². The Kier molecular flexibility index (Phi) is 3.65. The van der Waals surface area contributed by atoms with Crippen LogP contribution in [0.15, 0.2) is 24.3 Å². The zero-order chi connectivity index (χ0) is 13.1. The van der Waals surface area contributed by atoms with Gasteiger partial charge in [0.1, 0.15) is 6.04 Å². The maximum absolute atomic E-state index is 11.9. The first-order chi connectivity index (χ1) is 8.61. The van der Waals surface area contributed by atoms with Crippen LogP contribution in [0.5, 0.6) is 0 Å². The number of benzene rings is 1. The molecular weight excluding hydrogens is 230 g/mol. The second-order valence-electron chi connectivity index (χ2n) is 4.68.